The van der Waals surface area contributed by atoms with E-state index >= 15 is 0 Å². The van der Waals surface area contributed by atoms with Gasteiger partial charge in [-0.15, -0.1) is 0 Å². The lowest BCUT2D eigenvalue weighted by Crippen LogP contribution is -2.06. The van der Waals surface area contributed by atoms with Crippen molar-refractivity contribution in [3.63, 3.8) is 0 Å². The van der Waals surface area contributed by atoms with Crippen LogP contribution >= 0.6 is 0 Å². The predicted molar refractivity (Wildman–Crippen MR) is 57.7 cm³/mol. The molecule has 0 fully saturated rings. The lowest BCUT2D eigenvalue weighted by atomic mass is 10.1. The summed E-state index contributed by atoms with van der Waals surface area (Å²) in [6.07, 6.45) is 0.288. The molecule has 2 N–H and O–H groups in total. The average molecular weight is 209 g/mol. The Hall–Kier alpha value is -1.55. The molecule has 0 saturated heterocycles. The van der Waals surface area contributed by atoms with E-state index in [-0.39, 0.29) is 19.0 Å². The minimum atomic E-state index is -0.244. The number of rotatable bonds is 5. The topological polar surface area (TPSA) is 58.6 Å². The number of benzene rings is 1. The summed E-state index contributed by atoms with van der Waals surface area (Å²) in [4.78, 5) is 11.0. The maximum absolute atomic E-state index is 11.0. The Morgan fingerprint density at radius 2 is 2.07 bits per heavy atom. The monoisotopic (exact) mass is 209 g/mol. The average Bonchev–Trinajstić information content (AvgIpc) is 2.28. The molecule has 1 rings (SSSR count). The normalized spacial score (nSPS) is 9.73. The van der Waals surface area contributed by atoms with Crippen LogP contribution in [-0.4, -0.2) is 31.3 Å². The lowest BCUT2D eigenvalue weighted by Gasteiger charge is -2.05. The molecule has 1 aromatic rings. The van der Waals surface area contributed by atoms with Gasteiger partial charge in [0.1, 0.15) is 0 Å². The van der Waals surface area contributed by atoms with Crippen molar-refractivity contribution in [3.8, 4) is 0 Å². The molecule has 0 aliphatic carbocycles. The first-order valence-electron chi connectivity index (χ1n) is 4.76. The fourth-order valence-corrected chi connectivity index (χ4v) is 1.18. The van der Waals surface area contributed by atoms with E-state index in [0.717, 1.165) is 11.3 Å². The number of aliphatic hydroxyl groups excluding tert-OH is 1. The van der Waals surface area contributed by atoms with Gasteiger partial charge in [0.2, 0.25) is 0 Å². The van der Waals surface area contributed by atoms with Crippen molar-refractivity contribution < 1.29 is 14.6 Å². The fraction of sp³-hybridized carbons (Fsp3) is 0.364. The van der Waals surface area contributed by atoms with Crippen molar-refractivity contribution in [2.24, 2.45) is 0 Å². The van der Waals surface area contributed by atoms with E-state index in [2.05, 4.69) is 10.1 Å². The fourth-order valence-electron chi connectivity index (χ4n) is 1.18. The van der Waals surface area contributed by atoms with Crippen LogP contribution in [0.15, 0.2) is 24.3 Å². The SMILES string of the molecule is COC(=O)Cc1ccc(NCCO)cc1. The van der Waals surface area contributed by atoms with Crippen LogP contribution < -0.4 is 5.32 Å². The van der Waals surface area contributed by atoms with Gasteiger partial charge in [0, 0.05) is 12.2 Å². The van der Waals surface area contributed by atoms with Crippen molar-refractivity contribution in [3.05, 3.63) is 29.8 Å². The Bertz CT molecular complexity index is 308. The van der Waals surface area contributed by atoms with Crippen molar-refractivity contribution in [2.75, 3.05) is 25.6 Å². The van der Waals surface area contributed by atoms with Crippen LogP contribution in [-0.2, 0) is 16.0 Å². The van der Waals surface area contributed by atoms with Gasteiger partial charge in [-0.3, -0.25) is 4.79 Å². The number of esters is 1. The molecule has 0 aliphatic rings. The number of aliphatic hydroxyl groups is 1. The van der Waals surface area contributed by atoms with E-state index in [4.69, 9.17) is 5.11 Å². The van der Waals surface area contributed by atoms with E-state index in [1.165, 1.54) is 7.11 Å². The molecule has 0 bridgehead atoms. The number of carbonyl (C=O) groups is 1. The number of hydrogen-bond donors (Lipinski definition) is 2. The van der Waals surface area contributed by atoms with Gasteiger partial charge in [0.25, 0.3) is 0 Å². The molecular formula is C11H15NO3. The molecule has 15 heavy (non-hydrogen) atoms. The summed E-state index contributed by atoms with van der Waals surface area (Å²) in [5.41, 5.74) is 1.84. The lowest BCUT2D eigenvalue weighted by molar-refractivity contribution is -0.139. The van der Waals surface area contributed by atoms with Gasteiger partial charge in [-0.1, -0.05) is 12.1 Å². The number of nitrogens with one attached hydrogen (secondary N) is 1. The smallest absolute Gasteiger partial charge is 0.309 e. The maximum atomic E-state index is 11.0. The zero-order valence-electron chi connectivity index (χ0n) is 8.69. The Labute approximate surface area is 88.9 Å². The van der Waals surface area contributed by atoms with Crippen LogP contribution in [0.25, 0.3) is 0 Å². The van der Waals surface area contributed by atoms with Crippen LogP contribution in [0.1, 0.15) is 5.56 Å². The first kappa shape index (κ1) is 11.5. The van der Waals surface area contributed by atoms with Gasteiger partial charge in [-0.05, 0) is 17.7 Å². The van der Waals surface area contributed by atoms with Crippen LogP contribution in [0, 0.1) is 0 Å². The molecule has 0 saturated carbocycles. The highest BCUT2D eigenvalue weighted by molar-refractivity contribution is 5.72. The van der Waals surface area contributed by atoms with E-state index in [1.807, 2.05) is 24.3 Å². The van der Waals surface area contributed by atoms with E-state index < -0.39 is 0 Å². The van der Waals surface area contributed by atoms with Gasteiger partial charge in [0.15, 0.2) is 0 Å². The van der Waals surface area contributed by atoms with E-state index in [9.17, 15) is 4.79 Å². The van der Waals surface area contributed by atoms with Gasteiger partial charge in [-0.2, -0.15) is 0 Å². The maximum Gasteiger partial charge on any atom is 0.309 e. The Balaban J connectivity index is 2.52. The predicted octanol–water partition coefficient (Wildman–Crippen LogP) is 0.806. The minimum absolute atomic E-state index is 0.101. The Kier molecular flexibility index (Phi) is 4.63. The first-order valence-corrected chi connectivity index (χ1v) is 4.76. The number of ether oxygens (including phenoxy) is 1. The van der Waals surface area contributed by atoms with Crippen LogP contribution in [0.2, 0.25) is 0 Å². The molecule has 0 heterocycles. The molecule has 0 aromatic heterocycles. The first-order chi connectivity index (χ1) is 7.26. The summed E-state index contributed by atoms with van der Waals surface area (Å²) >= 11 is 0. The largest absolute Gasteiger partial charge is 0.469 e. The van der Waals surface area contributed by atoms with Gasteiger partial charge in [0.05, 0.1) is 20.1 Å². The highest BCUT2D eigenvalue weighted by Crippen LogP contribution is 2.09. The molecule has 0 unspecified atom stereocenters. The molecule has 0 atom stereocenters. The molecule has 0 radical (unpaired) electrons. The molecule has 0 amide bonds. The van der Waals surface area contributed by atoms with Crippen molar-refractivity contribution in [2.45, 2.75) is 6.42 Å². The van der Waals surface area contributed by atoms with Crippen LogP contribution in [0.4, 0.5) is 5.69 Å². The zero-order chi connectivity index (χ0) is 11.1. The summed E-state index contributed by atoms with van der Waals surface area (Å²) in [6.45, 7) is 0.625. The van der Waals surface area contributed by atoms with Gasteiger partial charge in [-0.25, -0.2) is 0 Å². The van der Waals surface area contributed by atoms with Gasteiger partial charge >= 0.3 is 5.97 Å². The molecule has 1 aromatic carbocycles. The number of anilines is 1. The quantitative estimate of drug-likeness (QED) is 0.704. The van der Waals surface area contributed by atoms with Crippen molar-refractivity contribution in [1.29, 1.82) is 0 Å². The van der Waals surface area contributed by atoms with Crippen molar-refractivity contribution in [1.82, 2.24) is 0 Å². The molecule has 4 nitrogen and oxygen atoms in total. The molecule has 0 aliphatic heterocycles. The molecule has 4 heteroatoms. The number of methoxy groups -OCH3 is 1. The second-order valence-corrected chi connectivity index (χ2v) is 3.10. The highest BCUT2D eigenvalue weighted by atomic mass is 16.5. The molecular weight excluding hydrogens is 194 g/mol. The minimum Gasteiger partial charge on any atom is -0.469 e. The summed E-state index contributed by atoms with van der Waals surface area (Å²) in [5, 5.41) is 11.6. The van der Waals surface area contributed by atoms with Crippen LogP contribution in [0.3, 0.4) is 0 Å². The standard InChI is InChI=1S/C11H15NO3/c1-15-11(14)8-9-2-4-10(5-3-9)12-6-7-13/h2-5,12-13H,6-8H2,1H3. The second-order valence-electron chi connectivity index (χ2n) is 3.10. The molecule has 0 spiro atoms. The zero-order valence-corrected chi connectivity index (χ0v) is 8.69. The second kappa shape index (κ2) is 6.03. The van der Waals surface area contributed by atoms with Crippen molar-refractivity contribution >= 4 is 11.7 Å². The van der Waals surface area contributed by atoms with Crippen LogP contribution in [0.5, 0.6) is 0 Å². The number of carbonyl (C=O) groups excluding carboxylic acids is 1. The molecule has 82 valence electrons. The third kappa shape index (κ3) is 3.99. The third-order valence-electron chi connectivity index (χ3n) is 1.97. The Morgan fingerprint density at radius 3 is 2.60 bits per heavy atom. The number of hydrogen-bond acceptors (Lipinski definition) is 4. The highest BCUT2D eigenvalue weighted by Gasteiger charge is 2.01. The van der Waals surface area contributed by atoms with E-state index in [1.54, 1.807) is 0 Å². The summed E-state index contributed by atoms with van der Waals surface area (Å²) < 4.78 is 4.56. The Morgan fingerprint density at radius 1 is 1.40 bits per heavy atom. The third-order valence-corrected chi connectivity index (χ3v) is 1.97. The summed E-state index contributed by atoms with van der Waals surface area (Å²) in [6, 6.07) is 7.45. The van der Waals surface area contributed by atoms with E-state index in [0.29, 0.717) is 6.54 Å². The van der Waals surface area contributed by atoms with Gasteiger partial charge < -0.3 is 15.2 Å². The summed E-state index contributed by atoms with van der Waals surface area (Å²) in [5.74, 6) is -0.244. The summed E-state index contributed by atoms with van der Waals surface area (Å²) in [7, 11) is 1.37.